The molecule has 0 bridgehead atoms. The zero-order valence-electron chi connectivity index (χ0n) is 21.3. The third-order valence-electron chi connectivity index (χ3n) is 6.37. The second kappa shape index (κ2) is 12.0. The van der Waals surface area contributed by atoms with Crippen LogP contribution in [0.1, 0.15) is 29.5 Å². The van der Waals surface area contributed by atoms with Crippen LogP contribution in [0.2, 0.25) is 0 Å². The van der Waals surface area contributed by atoms with Gasteiger partial charge >= 0.3 is 0 Å². The van der Waals surface area contributed by atoms with E-state index in [1.165, 1.54) is 18.5 Å². The molecule has 1 aromatic carbocycles. The molecule has 3 rings (SSSR count). The molecular weight excluding hydrogens is 482 g/mol. The van der Waals surface area contributed by atoms with Gasteiger partial charge in [0.2, 0.25) is 15.9 Å². The largest absolute Gasteiger partial charge is 0.497 e. The first kappa shape index (κ1) is 27.8. The highest BCUT2D eigenvalue weighted by molar-refractivity contribution is 7.89. The minimum atomic E-state index is -3.72. The molecule has 1 N–H and O–H groups in total. The highest BCUT2D eigenvalue weighted by Crippen LogP contribution is 2.28. The van der Waals surface area contributed by atoms with Crippen molar-refractivity contribution in [1.29, 1.82) is 0 Å². The van der Waals surface area contributed by atoms with E-state index in [0.29, 0.717) is 42.8 Å². The molecule has 1 aromatic heterocycles. The number of ether oxygens (including phenoxy) is 2. The number of likely N-dealkylation sites (tertiary alicyclic amines) is 1. The van der Waals surface area contributed by atoms with Crippen molar-refractivity contribution in [3.05, 3.63) is 59.4 Å². The van der Waals surface area contributed by atoms with Gasteiger partial charge in [-0.2, -0.15) is 4.31 Å². The fourth-order valence-corrected chi connectivity index (χ4v) is 5.75. The average Bonchev–Trinajstić information content (AvgIpc) is 2.85. The molecule has 2 heterocycles. The summed E-state index contributed by atoms with van der Waals surface area (Å²) in [6, 6.07) is 7.12. The van der Waals surface area contributed by atoms with Gasteiger partial charge in [-0.1, -0.05) is 18.2 Å². The number of methoxy groups -OCH3 is 1. The van der Waals surface area contributed by atoms with Crippen LogP contribution in [0.4, 0.5) is 0 Å². The minimum absolute atomic E-state index is 0.0847. The van der Waals surface area contributed by atoms with E-state index in [-0.39, 0.29) is 30.6 Å². The molecule has 0 aliphatic carbocycles. The molecule has 0 spiro atoms. The zero-order chi connectivity index (χ0) is 26.3. The van der Waals surface area contributed by atoms with Gasteiger partial charge in [-0.15, -0.1) is 0 Å². The topological polar surface area (TPSA) is 109 Å². The molecule has 1 saturated heterocycles. The van der Waals surface area contributed by atoms with E-state index in [1.807, 2.05) is 18.2 Å². The SMILES string of the molecule is COc1cc(C)c(S(=O)(=O)N(C)CCOCC(=O)N2CCC(O)(C=Cc3cccnc3)CC2)c(C)c1. The molecule has 1 amide bonds. The van der Waals surface area contributed by atoms with Crippen LogP contribution in [-0.4, -0.2) is 86.2 Å². The van der Waals surface area contributed by atoms with E-state index >= 15 is 0 Å². The smallest absolute Gasteiger partial charge is 0.248 e. The summed E-state index contributed by atoms with van der Waals surface area (Å²) >= 11 is 0. The van der Waals surface area contributed by atoms with E-state index in [2.05, 4.69) is 4.98 Å². The van der Waals surface area contributed by atoms with Crippen LogP contribution in [0.25, 0.3) is 6.08 Å². The number of piperidine rings is 1. The number of rotatable bonds is 10. The van der Waals surface area contributed by atoms with Crippen molar-refractivity contribution in [2.24, 2.45) is 0 Å². The Balaban J connectivity index is 1.45. The van der Waals surface area contributed by atoms with E-state index < -0.39 is 15.6 Å². The van der Waals surface area contributed by atoms with Crippen molar-refractivity contribution in [3.63, 3.8) is 0 Å². The van der Waals surface area contributed by atoms with Crippen LogP contribution >= 0.6 is 0 Å². The van der Waals surface area contributed by atoms with E-state index in [4.69, 9.17) is 9.47 Å². The Morgan fingerprint density at radius 3 is 2.50 bits per heavy atom. The van der Waals surface area contributed by atoms with Gasteiger partial charge in [0.15, 0.2) is 0 Å². The molecule has 0 atom stereocenters. The van der Waals surface area contributed by atoms with Crippen LogP contribution in [-0.2, 0) is 19.6 Å². The first-order valence-electron chi connectivity index (χ1n) is 11.8. The average molecular weight is 518 g/mol. The maximum atomic E-state index is 13.1. The number of pyridine rings is 1. The van der Waals surface area contributed by atoms with Crippen LogP contribution < -0.4 is 4.74 Å². The summed E-state index contributed by atoms with van der Waals surface area (Å²) in [6.45, 7) is 4.36. The number of carbonyl (C=O) groups is 1. The summed E-state index contributed by atoms with van der Waals surface area (Å²) in [5, 5.41) is 10.8. The van der Waals surface area contributed by atoms with Gasteiger partial charge in [-0.25, -0.2) is 8.42 Å². The van der Waals surface area contributed by atoms with Gasteiger partial charge in [0.1, 0.15) is 12.4 Å². The first-order valence-corrected chi connectivity index (χ1v) is 13.3. The van der Waals surface area contributed by atoms with Gasteiger partial charge in [-0.3, -0.25) is 9.78 Å². The lowest BCUT2D eigenvalue weighted by Crippen LogP contribution is -2.47. The van der Waals surface area contributed by atoms with Gasteiger partial charge < -0.3 is 19.5 Å². The van der Waals surface area contributed by atoms with Crippen LogP contribution in [0, 0.1) is 13.8 Å². The number of aryl methyl sites for hydroxylation is 2. The van der Waals surface area contributed by atoms with E-state index in [9.17, 15) is 18.3 Å². The van der Waals surface area contributed by atoms with Crippen molar-refractivity contribution in [3.8, 4) is 5.75 Å². The van der Waals surface area contributed by atoms with Crippen molar-refractivity contribution in [1.82, 2.24) is 14.2 Å². The molecule has 0 saturated carbocycles. The molecular formula is C26H35N3O6S. The fraction of sp³-hybridized carbons (Fsp3) is 0.462. The highest BCUT2D eigenvalue weighted by atomic mass is 32.2. The maximum absolute atomic E-state index is 13.1. The Bertz CT molecular complexity index is 1150. The first-order chi connectivity index (χ1) is 17.1. The highest BCUT2D eigenvalue weighted by Gasteiger charge is 2.32. The molecule has 1 fully saturated rings. The zero-order valence-corrected chi connectivity index (χ0v) is 22.1. The van der Waals surface area contributed by atoms with Crippen molar-refractivity contribution >= 4 is 22.0 Å². The number of hydrogen-bond acceptors (Lipinski definition) is 7. The lowest BCUT2D eigenvalue weighted by Gasteiger charge is -2.36. The van der Waals surface area contributed by atoms with E-state index in [1.54, 1.807) is 49.3 Å². The molecule has 0 radical (unpaired) electrons. The minimum Gasteiger partial charge on any atom is -0.497 e. The standard InChI is InChI=1S/C26H35N3O6S/c1-20-16-23(34-4)17-21(2)25(20)36(32,33)28(3)14-15-35-19-24(30)29-12-9-26(31,10-13-29)8-7-22-6-5-11-27-18-22/h5-8,11,16-18,31H,9-10,12-15,19H2,1-4H3. The molecule has 9 nitrogen and oxygen atoms in total. The number of hydrogen-bond donors (Lipinski definition) is 1. The molecule has 10 heteroatoms. The lowest BCUT2D eigenvalue weighted by molar-refractivity contribution is -0.139. The number of benzene rings is 1. The predicted molar refractivity (Wildman–Crippen MR) is 137 cm³/mol. The summed E-state index contributed by atoms with van der Waals surface area (Å²) in [4.78, 5) is 18.5. The third kappa shape index (κ3) is 6.91. The molecule has 0 unspecified atom stereocenters. The molecule has 2 aromatic rings. The molecule has 1 aliphatic heterocycles. The summed E-state index contributed by atoms with van der Waals surface area (Å²) in [5.41, 5.74) is 1.15. The fourth-order valence-electron chi connectivity index (χ4n) is 4.19. The summed E-state index contributed by atoms with van der Waals surface area (Å²) in [7, 11) is -0.687. The maximum Gasteiger partial charge on any atom is 0.248 e. The molecule has 196 valence electrons. The monoisotopic (exact) mass is 517 g/mol. The Morgan fingerprint density at radius 1 is 1.25 bits per heavy atom. The Morgan fingerprint density at radius 2 is 1.92 bits per heavy atom. The third-order valence-corrected chi connectivity index (χ3v) is 8.53. The van der Waals surface area contributed by atoms with Gasteiger partial charge in [0.25, 0.3) is 0 Å². The van der Waals surface area contributed by atoms with Gasteiger partial charge in [0, 0.05) is 39.1 Å². The Kier molecular flexibility index (Phi) is 9.24. The van der Waals surface area contributed by atoms with Crippen LogP contribution in [0.15, 0.2) is 47.6 Å². The summed E-state index contributed by atoms with van der Waals surface area (Å²) < 4.78 is 38.1. The van der Waals surface area contributed by atoms with E-state index in [0.717, 1.165) is 5.56 Å². The van der Waals surface area contributed by atoms with Gasteiger partial charge in [0.05, 0.1) is 24.2 Å². The normalized spacial score (nSPS) is 16.0. The van der Waals surface area contributed by atoms with Crippen molar-refractivity contribution < 1.29 is 27.8 Å². The number of sulfonamides is 1. The quantitative estimate of drug-likeness (QED) is 0.482. The molecule has 36 heavy (non-hydrogen) atoms. The second-order valence-electron chi connectivity index (χ2n) is 9.07. The number of nitrogens with zero attached hydrogens (tertiary/aromatic N) is 3. The van der Waals surface area contributed by atoms with Crippen molar-refractivity contribution in [2.45, 2.75) is 37.2 Å². The Labute approximate surface area is 213 Å². The summed E-state index contributed by atoms with van der Waals surface area (Å²) in [6.07, 6.45) is 7.88. The number of aliphatic hydroxyl groups is 1. The van der Waals surface area contributed by atoms with Crippen LogP contribution in [0.3, 0.4) is 0 Å². The summed E-state index contributed by atoms with van der Waals surface area (Å²) in [5.74, 6) is 0.426. The van der Waals surface area contributed by atoms with Crippen molar-refractivity contribution in [2.75, 3.05) is 47.0 Å². The Hall–Kier alpha value is -2.79. The number of likely N-dealkylation sites (N-methyl/N-ethyl adjacent to an activating group) is 1. The van der Waals surface area contributed by atoms with Crippen LogP contribution in [0.5, 0.6) is 5.75 Å². The number of carbonyl (C=O) groups excluding carboxylic acids is 1. The van der Waals surface area contributed by atoms with Gasteiger partial charge in [-0.05, 0) is 61.6 Å². The molecule has 1 aliphatic rings. The second-order valence-corrected chi connectivity index (χ2v) is 11.1. The lowest BCUT2D eigenvalue weighted by atomic mass is 9.90. The number of amides is 1. The predicted octanol–water partition coefficient (Wildman–Crippen LogP) is 2.41. The number of aromatic nitrogens is 1.